The molecule has 1 aromatic heterocycles. The molecule has 0 bridgehead atoms. The smallest absolute Gasteiger partial charge is 0.243 e. The number of carbonyl (C=O) groups is 1. The van der Waals surface area contributed by atoms with Gasteiger partial charge in [0, 0.05) is 63.3 Å². The first-order valence-electron chi connectivity index (χ1n) is 10.9. The molecule has 8 heteroatoms. The summed E-state index contributed by atoms with van der Waals surface area (Å²) in [6, 6.07) is 9.41. The van der Waals surface area contributed by atoms with Crippen LogP contribution in [0.15, 0.2) is 47.6 Å². The minimum Gasteiger partial charge on any atom is -0.368 e. The van der Waals surface area contributed by atoms with Gasteiger partial charge in [-0.1, -0.05) is 17.7 Å². The standard InChI is InChI=1S/C23H30N4O3S/c1-18-3-4-22(19(2)17-18)31(29,30)27-11-7-20(8-12-27)23(28)26-15-13-25(14-16-26)21-5-9-24-10-6-21/h3-6,9-10,17,20H,7-8,11-16H2,1-2H3. The molecule has 166 valence electrons. The van der Waals surface area contributed by atoms with Crippen LogP contribution < -0.4 is 4.90 Å². The molecule has 1 aromatic carbocycles. The molecule has 3 heterocycles. The Hall–Kier alpha value is -2.45. The quantitative estimate of drug-likeness (QED) is 0.727. The van der Waals surface area contributed by atoms with E-state index in [4.69, 9.17) is 0 Å². The minimum absolute atomic E-state index is 0.0990. The van der Waals surface area contributed by atoms with Crippen LogP contribution in [0.3, 0.4) is 0 Å². The molecule has 0 N–H and O–H groups in total. The fourth-order valence-corrected chi connectivity index (χ4v) is 6.24. The number of hydrogen-bond acceptors (Lipinski definition) is 5. The van der Waals surface area contributed by atoms with Gasteiger partial charge in [-0.25, -0.2) is 8.42 Å². The van der Waals surface area contributed by atoms with Crippen molar-refractivity contribution in [2.75, 3.05) is 44.2 Å². The lowest BCUT2D eigenvalue weighted by atomic mass is 9.96. The molecule has 2 saturated heterocycles. The van der Waals surface area contributed by atoms with Gasteiger partial charge in [-0.2, -0.15) is 4.31 Å². The summed E-state index contributed by atoms with van der Waals surface area (Å²) in [7, 11) is -3.52. The van der Waals surface area contributed by atoms with E-state index in [0.29, 0.717) is 43.9 Å². The van der Waals surface area contributed by atoms with Crippen molar-refractivity contribution in [2.45, 2.75) is 31.6 Å². The van der Waals surface area contributed by atoms with Gasteiger partial charge in [-0.05, 0) is 50.5 Å². The molecule has 7 nitrogen and oxygen atoms in total. The van der Waals surface area contributed by atoms with Gasteiger partial charge in [0.15, 0.2) is 0 Å². The van der Waals surface area contributed by atoms with E-state index >= 15 is 0 Å². The van der Waals surface area contributed by atoms with Crippen molar-refractivity contribution < 1.29 is 13.2 Å². The zero-order chi connectivity index (χ0) is 22.0. The average molecular weight is 443 g/mol. The zero-order valence-corrected chi connectivity index (χ0v) is 19.0. The molecular weight excluding hydrogens is 412 g/mol. The Morgan fingerprint density at radius 1 is 0.935 bits per heavy atom. The molecule has 0 unspecified atom stereocenters. The van der Waals surface area contributed by atoms with Crippen molar-refractivity contribution in [3.05, 3.63) is 53.9 Å². The molecular formula is C23H30N4O3S. The van der Waals surface area contributed by atoms with Crippen LogP contribution in [0.2, 0.25) is 0 Å². The molecule has 2 aromatic rings. The summed E-state index contributed by atoms with van der Waals surface area (Å²) in [6.45, 7) is 7.57. The molecule has 0 radical (unpaired) electrons. The monoisotopic (exact) mass is 442 g/mol. The molecule has 1 amide bonds. The van der Waals surface area contributed by atoms with Gasteiger partial charge in [0.25, 0.3) is 0 Å². The van der Waals surface area contributed by atoms with Gasteiger partial charge < -0.3 is 9.80 Å². The van der Waals surface area contributed by atoms with Gasteiger partial charge in [-0.3, -0.25) is 9.78 Å². The summed E-state index contributed by atoms with van der Waals surface area (Å²) in [6.07, 6.45) is 4.72. The van der Waals surface area contributed by atoms with Crippen molar-refractivity contribution in [3.63, 3.8) is 0 Å². The highest BCUT2D eigenvalue weighted by atomic mass is 32.2. The highest BCUT2D eigenvalue weighted by molar-refractivity contribution is 7.89. The van der Waals surface area contributed by atoms with Crippen LogP contribution in [0, 0.1) is 19.8 Å². The zero-order valence-electron chi connectivity index (χ0n) is 18.2. The Bertz CT molecular complexity index is 1030. The van der Waals surface area contributed by atoms with Crippen LogP contribution >= 0.6 is 0 Å². The highest BCUT2D eigenvalue weighted by Crippen LogP contribution is 2.27. The van der Waals surface area contributed by atoms with Crippen LogP contribution in [0.5, 0.6) is 0 Å². The number of anilines is 1. The minimum atomic E-state index is -3.52. The number of pyridine rings is 1. The van der Waals surface area contributed by atoms with Gasteiger partial charge in [0.2, 0.25) is 15.9 Å². The van der Waals surface area contributed by atoms with Crippen molar-refractivity contribution >= 4 is 21.6 Å². The summed E-state index contributed by atoms with van der Waals surface area (Å²) in [5.41, 5.74) is 2.95. The average Bonchev–Trinajstić information content (AvgIpc) is 2.79. The molecule has 31 heavy (non-hydrogen) atoms. The van der Waals surface area contributed by atoms with E-state index in [1.807, 2.05) is 43.0 Å². The third-order valence-corrected chi connectivity index (χ3v) is 8.43. The third kappa shape index (κ3) is 4.60. The topological polar surface area (TPSA) is 73.8 Å². The number of hydrogen-bond donors (Lipinski definition) is 0. The number of aryl methyl sites for hydroxylation is 2. The second-order valence-corrected chi connectivity index (χ2v) is 10.4. The van der Waals surface area contributed by atoms with E-state index in [9.17, 15) is 13.2 Å². The number of amides is 1. The number of aromatic nitrogens is 1. The molecule has 0 aliphatic carbocycles. The first kappa shape index (κ1) is 21.8. The summed E-state index contributed by atoms with van der Waals surface area (Å²) in [4.78, 5) is 21.7. The number of rotatable bonds is 4. The number of piperazine rings is 1. The molecule has 0 saturated carbocycles. The summed E-state index contributed by atoms with van der Waals surface area (Å²) in [5.74, 6) is 0.0657. The SMILES string of the molecule is Cc1ccc(S(=O)(=O)N2CCC(C(=O)N3CCN(c4ccncc4)CC3)CC2)c(C)c1. The van der Waals surface area contributed by atoms with Crippen LogP contribution in [0.25, 0.3) is 0 Å². The fraction of sp³-hybridized carbons (Fsp3) is 0.478. The molecule has 0 spiro atoms. The Kier molecular flexibility index (Phi) is 6.29. The molecule has 0 atom stereocenters. The molecule has 2 aliphatic rings. The van der Waals surface area contributed by atoms with E-state index in [2.05, 4.69) is 9.88 Å². The number of benzene rings is 1. The number of carbonyl (C=O) groups excluding carboxylic acids is 1. The van der Waals surface area contributed by atoms with E-state index < -0.39 is 10.0 Å². The number of piperidine rings is 1. The van der Waals surface area contributed by atoms with E-state index in [0.717, 1.165) is 29.9 Å². The largest absolute Gasteiger partial charge is 0.368 e. The fourth-order valence-electron chi connectivity index (χ4n) is 4.57. The molecule has 2 aliphatic heterocycles. The Balaban J connectivity index is 1.33. The Morgan fingerprint density at radius 2 is 1.58 bits per heavy atom. The lowest BCUT2D eigenvalue weighted by Gasteiger charge is -2.39. The number of sulfonamides is 1. The first-order valence-corrected chi connectivity index (χ1v) is 12.3. The maximum absolute atomic E-state index is 13.1. The van der Waals surface area contributed by atoms with Gasteiger partial charge in [-0.15, -0.1) is 0 Å². The van der Waals surface area contributed by atoms with Gasteiger partial charge in [0.1, 0.15) is 0 Å². The Morgan fingerprint density at radius 3 is 2.19 bits per heavy atom. The summed E-state index contributed by atoms with van der Waals surface area (Å²) in [5, 5.41) is 0. The normalized spacial score (nSPS) is 18.9. The number of nitrogens with zero attached hydrogens (tertiary/aromatic N) is 4. The van der Waals surface area contributed by atoms with Crippen LogP contribution in [-0.2, 0) is 14.8 Å². The maximum Gasteiger partial charge on any atom is 0.243 e. The third-order valence-electron chi connectivity index (χ3n) is 6.37. The predicted molar refractivity (Wildman–Crippen MR) is 120 cm³/mol. The summed E-state index contributed by atoms with van der Waals surface area (Å²) >= 11 is 0. The molecule has 2 fully saturated rings. The molecule has 4 rings (SSSR count). The summed E-state index contributed by atoms with van der Waals surface area (Å²) < 4.78 is 27.7. The second kappa shape index (κ2) is 8.96. The van der Waals surface area contributed by atoms with E-state index in [1.165, 1.54) is 4.31 Å². The van der Waals surface area contributed by atoms with Gasteiger partial charge >= 0.3 is 0 Å². The van der Waals surface area contributed by atoms with E-state index in [-0.39, 0.29) is 11.8 Å². The highest BCUT2D eigenvalue weighted by Gasteiger charge is 2.35. The lowest BCUT2D eigenvalue weighted by molar-refractivity contribution is -0.137. The van der Waals surface area contributed by atoms with Crippen molar-refractivity contribution in [1.29, 1.82) is 0 Å². The van der Waals surface area contributed by atoms with Crippen LogP contribution in [-0.4, -0.2) is 67.8 Å². The van der Waals surface area contributed by atoms with Crippen molar-refractivity contribution in [3.8, 4) is 0 Å². The Labute approximate surface area is 184 Å². The van der Waals surface area contributed by atoms with Gasteiger partial charge in [0.05, 0.1) is 4.90 Å². The van der Waals surface area contributed by atoms with Crippen LogP contribution in [0.4, 0.5) is 5.69 Å². The van der Waals surface area contributed by atoms with E-state index in [1.54, 1.807) is 18.5 Å². The first-order chi connectivity index (χ1) is 14.9. The second-order valence-electron chi connectivity index (χ2n) is 8.47. The van der Waals surface area contributed by atoms with Crippen molar-refractivity contribution in [1.82, 2.24) is 14.2 Å². The predicted octanol–water partition coefficient (Wildman–Crippen LogP) is 2.45. The maximum atomic E-state index is 13.1. The lowest BCUT2D eigenvalue weighted by Crippen LogP contribution is -2.52. The van der Waals surface area contributed by atoms with Crippen LogP contribution in [0.1, 0.15) is 24.0 Å². The van der Waals surface area contributed by atoms with Crippen molar-refractivity contribution in [2.24, 2.45) is 5.92 Å².